The van der Waals surface area contributed by atoms with Crippen LogP contribution in [-0.2, 0) is 5.54 Å². The number of carbonyl (C=O) groups excluding carboxylic acids is 1. The van der Waals surface area contributed by atoms with Crippen LogP contribution < -0.4 is 15.0 Å². The Bertz CT molecular complexity index is 1230. The van der Waals surface area contributed by atoms with E-state index in [1.165, 1.54) is 16.8 Å². The second-order valence-electron chi connectivity index (χ2n) is 8.21. The van der Waals surface area contributed by atoms with Crippen molar-refractivity contribution in [2.24, 2.45) is 5.92 Å². The van der Waals surface area contributed by atoms with Crippen LogP contribution in [0.15, 0.2) is 30.7 Å². The highest BCUT2D eigenvalue weighted by molar-refractivity contribution is 5.99. The molecule has 1 N–H and O–H groups in total. The summed E-state index contributed by atoms with van der Waals surface area (Å²) in [6.07, 6.45) is 5.48. The van der Waals surface area contributed by atoms with E-state index in [0.717, 1.165) is 12.6 Å². The summed E-state index contributed by atoms with van der Waals surface area (Å²) >= 11 is 0. The fourth-order valence-electron chi connectivity index (χ4n) is 4.82. The van der Waals surface area contributed by atoms with Gasteiger partial charge in [0.1, 0.15) is 17.2 Å². The molecule has 3 aromatic heterocycles. The number of piperidine rings is 1. The third-order valence-corrected chi connectivity index (χ3v) is 6.34. The maximum Gasteiger partial charge on any atom is 0.298 e. The van der Waals surface area contributed by atoms with Gasteiger partial charge in [0, 0.05) is 18.3 Å². The number of anilines is 1. The van der Waals surface area contributed by atoms with Crippen molar-refractivity contribution in [1.29, 1.82) is 0 Å². The van der Waals surface area contributed by atoms with Crippen LogP contribution in [-0.4, -0.2) is 51.1 Å². The number of nitrogens with zero attached hydrogens (tertiary/aromatic N) is 5. The van der Waals surface area contributed by atoms with Gasteiger partial charge < -0.3 is 15.0 Å². The first-order valence-electron chi connectivity index (χ1n) is 9.94. The molecule has 11 heteroatoms. The number of alkyl halides is 2. The molecular weight excluding hydrogens is 413 g/mol. The average Bonchev–Trinajstić information content (AvgIpc) is 3.13. The molecule has 0 radical (unpaired) electrons. The van der Waals surface area contributed by atoms with E-state index in [4.69, 9.17) is 4.74 Å². The molecule has 6 rings (SSSR count). The molecule has 1 spiro atoms. The molecule has 31 heavy (non-hydrogen) atoms. The summed E-state index contributed by atoms with van der Waals surface area (Å²) in [6, 6.07) is 3.09. The minimum absolute atomic E-state index is 0.0232. The Balaban J connectivity index is 1.55. The van der Waals surface area contributed by atoms with Crippen molar-refractivity contribution >= 4 is 17.4 Å². The second kappa shape index (κ2) is 6.08. The lowest BCUT2D eigenvalue weighted by atomic mass is 10.0. The molecule has 1 amide bonds. The van der Waals surface area contributed by atoms with Gasteiger partial charge in [0.25, 0.3) is 11.8 Å². The number of halogens is 3. The van der Waals surface area contributed by atoms with Crippen LogP contribution in [0.2, 0.25) is 0 Å². The molecule has 2 bridgehead atoms. The van der Waals surface area contributed by atoms with Gasteiger partial charge in [0.2, 0.25) is 5.88 Å². The molecule has 2 atom stereocenters. The SMILES string of the molecule is O=C1NCC(F)(F)COc2ncc(F)cc2[C@@]23C[C@@H]2CCN3c2ccn3ncc1c3n2. The first-order valence-corrected chi connectivity index (χ1v) is 9.94. The lowest BCUT2D eigenvalue weighted by molar-refractivity contribution is -0.0391. The van der Waals surface area contributed by atoms with Crippen molar-refractivity contribution in [3.8, 4) is 5.88 Å². The zero-order chi connectivity index (χ0) is 21.4. The van der Waals surface area contributed by atoms with Crippen LogP contribution in [0.4, 0.5) is 19.0 Å². The fraction of sp³-hybridized carbons (Fsp3) is 0.400. The van der Waals surface area contributed by atoms with Crippen molar-refractivity contribution in [3.05, 3.63) is 47.7 Å². The van der Waals surface area contributed by atoms with Gasteiger partial charge in [-0.3, -0.25) is 4.79 Å². The molecule has 0 aromatic carbocycles. The van der Waals surface area contributed by atoms with Crippen molar-refractivity contribution in [2.45, 2.75) is 24.3 Å². The summed E-state index contributed by atoms with van der Waals surface area (Å²) in [6.45, 7) is -1.28. The number of pyridine rings is 1. The highest BCUT2D eigenvalue weighted by atomic mass is 19.3. The van der Waals surface area contributed by atoms with E-state index in [2.05, 4.69) is 20.4 Å². The number of hydrogen-bond donors (Lipinski definition) is 1. The van der Waals surface area contributed by atoms with E-state index in [0.29, 0.717) is 24.3 Å². The third kappa shape index (κ3) is 2.68. The first-order chi connectivity index (χ1) is 14.9. The van der Waals surface area contributed by atoms with Crippen LogP contribution in [0.25, 0.3) is 5.65 Å². The summed E-state index contributed by atoms with van der Waals surface area (Å²) in [5, 5.41) is 6.32. The Kier molecular flexibility index (Phi) is 3.61. The van der Waals surface area contributed by atoms with Crippen molar-refractivity contribution in [3.63, 3.8) is 0 Å². The second-order valence-corrected chi connectivity index (χ2v) is 8.21. The number of hydrogen-bond acceptors (Lipinski definition) is 6. The minimum atomic E-state index is -3.36. The number of ether oxygens (including phenoxy) is 1. The number of nitrogens with one attached hydrogen (secondary N) is 1. The summed E-state index contributed by atoms with van der Waals surface area (Å²) in [7, 11) is 0. The van der Waals surface area contributed by atoms with E-state index >= 15 is 0 Å². The molecule has 1 saturated carbocycles. The zero-order valence-corrected chi connectivity index (χ0v) is 16.2. The molecule has 2 aliphatic heterocycles. The standard InChI is InChI=1S/C20H17F3N6O2/c21-12-5-14-18(24-7-12)31-10-19(22,23)9-25-17(30)13-8-26-29-4-2-15(27-16(13)29)28-3-1-11-6-20(11,14)28/h2,4-5,7-8,11H,1,3,6,9-10H2,(H,25,30)/t11-,20+/m0/s1. The van der Waals surface area contributed by atoms with Gasteiger partial charge in [-0.15, -0.1) is 0 Å². The van der Waals surface area contributed by atoms with Crippen LogP contribution in [0.3, 0.4) is 0 Å². The van der Waals surface area contributed by atoms with Gasteiger partial charge in [0.05, 0.1) is 24.5 Å². The highest BCUT2D eigenvalue weighted by Gasteiger charge is 2.65. The smallest absolute Gasteiger partial charge is 0.298 e. The quantitative estimate of drug-likeness (QED) is 0.589. The topological polar surface area (TPSA) is 84.7 Å². The number of fused-ring (bicyclic) bond motifs is 3. The maximum atomic E-state index is 14.4. The lowest BCUT2D eigenvalue weighted by Crippen LogP contribution is -2.41. The molecule has 3 aromatic rings. The summed E-state index contributed by atoms with van der Waals surface area (Å²) < 4.78 is 49.9. The average molecular weight is 430 g/mol. The van der Waals surface area contributed by atoms with E-state index in [1.807, 2.05) is 4.90 Å². The van der Waals surface area contributed by atoms with Gasteiger partial charge in [-0.1, -0.05) is 0 Å². The summed E-state index contributed by atoms with van der Waals surface area (Å²) in [4.78, 5) is 23.2. The van der Waals surface area contributed by atoms with E-state index < -0.39 is 36.3 Å². The van der Waals surface area contributed by atoms with E-state index in [1.54, 1.807) is 12.3 Å². The number of aromatic nitrogens is 4. The van der Waals surface area contributed by atoms with Gasteiger partial charge in [0.15, 0.2) is 12.3 Å². The van der Waals surface area contributed by atoms with Crippen molar-refractivity contribution < 1.29 is 22.7 Å². The van der Waals surface area contributed by atoms with E-state index in [-0.39, 0.29) is 23.0 Å². The fourth-order valence-corrected chi connectivity index (χ4v) is 4.82. The van der Waals surface area contributed by atoms with Crippen molar-refractivity contribution in [1.82, 2.24) is 24.9 Å². The van der Waals surface area contributed by atoms with Crippen LogP contribution in [0.5, 0.6) is 5.88 Å². The molecule has 0 unspecified atom stereocenters. The third-order valence-electron chi connectivity index (χ3n) is 6.34. The maximum absolute atomic E-state index is 14.4. The van der Waals surface area contributed by atoms with Crippen molar-refractivity contribution in [2.75, 3.05) is 24.6 Å². The number of rotatable bonds is 0. The number of amides is 1. The molecule has 5 heterocycles. The number of carbonyl (C=O) groups is 1. The van der Waals surface area contributed by atoms with Gasteiger partial charge in [-0.2, -0.15) is 5.10 Å². The largest absolute Gasteiger partial charge is 0.471 e. The van der Waals surface area contributed by atoms with Crippen LogP contribution in [0, 0.1) is 11.7 Å². The molecular formula is C20H17F3N6O2. The highest BCUT2D eigenvalue weighted by Crippen LogP contribution is 2.64. The van der Waals surface area contributed by atoms with E-state index in [9.17, 15) is 18.0 Å². The Morgan fingerprint density at radius 3 is 3.00 bits per heavy atom. The summed E-state index contributed by atoms with van der Waals surface area (Å²) in [5.41, 5.74) is 0.188. The molecule has 3 aliphatic rings. The first kappa shape index (κ1) is 18.4. The normalized spacial score (nSPS) is 26.5. The zero-order valence-electron chi connectivity index (χ0n) is 16.2. The molecule has 8 nitrogen and oxygen atoms in total. The monoisotopic (exact) mass is 430 g/mol. The minimum Gasteiger partial charge on any atom is -0.471 e. The predicted octanol–water partition coefficient (Wildman–Crippen LogP) is 2.15. The Morgan fingerprint density at radius 1 is 1.29 bits per heavy atom. The van der Waals surface area contributed by atoms with Gasteiger partial charge in [-0.05, 0) is 30.9 Å². The molecule has 1 saturated heterocycles. The Labute approximate surface area is 174 Å². The van der Waals surface area contributed by atoms with Crippen LogP contribution >= 0.6 is 0 Å². The van der Waals surface area contributed by atoms with Gasteiger partial charge in [-0.25, -0.2) is 27.7 Å². The predicted molar refractivity (Wildman–Crippen MR) is 102 cm³/mol. The Hall–Kier alpha value is -3.37. The lowest BCUT2D eigenvalue weighted by Gasteiger charge is -2.31. The molecule has 2 fully saturated rings. The summed E-state index contributed by atoms with van der Waals surface area (Å²) in [5.74, 6) is -3.83. The Morgan fingerprint density at radius 2 is 2.16 bits per heavy atom. The molecule has 160 valence electrons. The van der Waals surface area contributed by atoms with Crippen LogP contribution in [0.1, 0.15) is 28.8 Å². The van der Waals surface area contributed by atoms with Gasteiger partial charge >= 0.3 is 0 Å². The molecule has 1 aliphatic carbocycles.